The molecule has 4 N–H and O–H groups in total. The molecule has 0 bridgehead atoms. The van der Waals surface area contributed by atoms with Gasteiger partial charge >= 0.3 is 0 Å². The fourth-order valence-corrected chi connectivity index (χ4v) is 4.84. The lowest BCUT2D eigenvalue weighted by atomic mass is 10.0. The Hall–Kier alpha value is -3.22. The van der Waals surface area contributed by atoms with Gasteiger partial charge in [-0.25, -0.2) is 9.97 Å². The Morgan fingerprint density at radius 3 is 1.32 bits per heavy atom. The molecule has 2 aliphatic rings. The molecular formula is C28H34N6. The van der Waals surface area contributed by atoms with Crippen LogP contribution in [0.3, 0.4) is 0 Å². The molecule has 2 aromatic carbocycles. The summed E-state index contributed by atoms with van der Waals surface area (Å²) < 4.78 is 0. The zero-order chi connectivity index (χ0) is 23.3. The first-order valence-corrected chi connectivity index (χ1v) is 12.6. The number of nitrogens with one attached hydrogen (secondary N) is 4. The smallest absolute Gasteiger partial charge is 0.123 e. The first kappa shape index (κ1) is 22.6. The van der Waals surface area contributed by atoms with Gasteiger partial charge in [0.05, 0.1) is 35.9 Å². The molecule has 0 unspecified atom stereocenters. The molecule has 4 heterocycles. The topological polar surface area (TPSA) is 81.4 Å². The fraction of sp³-hybridized carbons (Fsp3) is 0.357. The van der Waals surface area contributed by atoms with Gasteiger partial charge in [-0.15, -0.1) is 0 Å². The highest BCUT2D eigenvalue weighted by Crippen LogP contribution is 2.29. The third kappa shape index (κ3) is 4.69. The molecule has 6 rings (SSSR count). The van der Waals surface area contributed by atoms with E-state index in [2.05, 4.69) is 79.1 Å². The van der Waals surface area contributed by atoms with Gasteiger partial charge in [-0.2, -0.15) is 0 Å². The Morgan fingerprint density at radius 1 is 0.588 bits per heavy atom. The lowest BCUT2D eigenvalue weighted by molar-refractivity contribution is 0.613. The molecule has 2 saturated heterocycles. The van der Waals surface area contributed by atoms with Crippen molar-refractivity contribution < 1.29 is 0 Å². The molecule has 34 heavy (non-hydrogen) atoms. The molecule has 2 fully saturated rings. The van der Waals surface area contributed by atoms with Crippen molar-refractivity contribution in [3.05, 3.63) is 72.6 Å². The van der Waals surface area contributed by atoms with Crippen molar-refractivity contribution in [1.82, 2.24) is 30.6 Å². The van der Waals surface area contributed by atoms with Gasteiger partial charge in [0.1, 0.15) is 11.6 Å². The average Bonchev–Trinajstić information content (AvgIpc) is 3.72. The van der Waals surface area contributed by atoms with E-state index in [9.17, 15) is 0 Å². The summed E-state index contributed by atoms with van der Waals surface area (Å²) in [5.41, 5.74) is 6.88. The minimum absolute atomic E-state index is 0.363. The van der Waals surface area contributed by atoms with E-state index in [1.807, 2.05) is 26.2 Å². The predicted octanol–water partition coefficient (Wildman–Crippen LogP) is 6.01. The van der Waals surface area contributed by atoms with Crippen molar-refractivity contribution in [1.29, 1.82) is 0 Å². The highest BCUT2D eigenvalue weighted by molar-refractivity contribution is 5.71. The Bertz CT molecular complexity index is 1080. The van der Waals surface area contributed by atoms with Crippen molar-refractivity contribution >= 4 is 0 Å². The standard InChI is InChI=1S/C26H28N6.C2H6/c1-3-21(27-13-1)25-29-15-23(31-25)19-9-5-17(6-10-19)18-7-11-20(12-8-18)24-16-30-26(32-24)22-4-2-14-28-22;1-2/h5-12,15-16,21-22,27-28H,1-4,13-14H2,(H,29,31)(H,30,32);1-2H3/t21-,22-;/m0./s1. The first-order chi connectivity index (χ1) is 16.8. The van der Waals surface area contributed by atoms with Crippen LogP contribution in [0, 0.1) is 0 Å². The molecule has 0 spiro atoms. The van der Waals surface area contributed by atoms with Crippen molar-refractivity contribution in [2.75, 3.05) is 13.1 Å². The summed E-state index contributed by atoms with van der Waals surface area (Å²) in [7, 11) is 0. The SMILES string of the molecule is CC.c1cc(-c2cnc([C@@H]3CCCN3)[nH]2)ccc1-c1ccc(-c2cnc([C@@H]3CCCN3)[nH]2)cc1. The predicted molar refractivity (Wildman–Crippen MR) is 138 cm³/mol. The van der Waals surface area contributed by atoms with Crippen LogP contribution in [0.2, 0.25) is 0 Å². The van der Waals surface area contributed by atoms with E-state index in [0.717, 1.165) is 60.1 Å². The van der Waals surface area contributed by atoms with E-state index in [1.165, 1.54) is 24.0 Å². The zero-order valence-electron chi connectivity index (χ0n) is 20.1. The molecule has 0 saturated carbocycles. The van der Waals surface area contributed by atoms with E-state index in [1.54, 1.807) is 0 Å². The molecule has 2 aromatic heterocycles. The van der Waals surface area contributed by atoms with Crippen LogP contribution >= 0.6 is 0 Å². The summed E-state index contributed by atoms with van der Waals surface area (Å²) in [6.45, 7) is 6.15. The molecule has 6 heteroatoms. The normalized spacial score (nSPS) is 19.7. The van der Waals surface area contributed by atoms with Gasteiger partial charge in [0.15, 0.2) is 0 Å². The van der Waals surface area contributed by atoms with E-state index >= 15 is 0 Å². The third-order valence-corrected chi connectivity index (χ3v) is 6.70. The van der Waals surface area contributed by atoms with E-state index < -0.39 is 0 Å². The summed E-state index contributed by atoms with van der Waals surface area (Å²) in [5, 5.41) is 6.99. The number of nitrogens with zero attached hydrogens (tertiary/aromatic N) is 2. The van der Waals surface area contributed by atoms with Crippen molar-refractivity contribution in [2.45, 2.75) is 51.6 Å². The van der Waals surface area contributed by atoms with Crippen molar-refractivity contribution in [2.24, 2.45) is 0 Å². The number of aromatic nitrogens is 4. The van der Waals surface area contributed by atoms with Crippen LogP contribution < -0.4 is 10.6 Å². The summed E-state index contributed by atoms with van der Waals surface area (Å²) in [4.78, 5) is 16.2. The summed E-state index contributed by atoms with van der Waals surface area (Å²) in [6, 6.07) is 18.1. The minimum atomic E-state index is 0.363. The molecule has 4 aromatic rings. The van der Waals surface area contributed by atoms with E-state index in [0.29, 0.717) is 12.1 Å². The Kier molecular flexibility index (Phi) is 6.88. The number of aromatic amines is 2. The first-order valence-electron chi connectivity index (χ1n) is 12.6. The van der Waals surface area contributed by atoms with Gasteiger partial charge in [-0.05, 0) is 61.0 Å². The van der Waals surface area contributed by atoms with Crippen LogP contribution in [0.5, 0.6) is 0 Å². The zero-order valence-corrected chi connectivity index (χ0v) is 20.1. The number of H-pyrrole nitrogens is 2. The van der Waals surface area contributed by atoms with Crippen LogP contribution in [0.25, 0.3) is 33.6 Å². The second-order valence-corrected chi connectivity index (χ2v) is 8.82. The van der Waals surface area contributed by atoms with E-state index in [4.69, 9.17) is 0 Å². The highest BCUT2D eigenvalue weighted by atomic mass is 15.0. The van der Waals surface area contributed by atoms with Crippen molar-refractivity contribution in [3.8, 4) is 33.6 Å². The van der Waals surface area contributed by atoms with Gasteiger partial charge < -0.3 is 20.6 Å². The Morgan fingerprint density at radius 2 is 0.971 bits per heavy atom. The molecular weight excluding hydrogens is 420 g/mol. The molecule has 2 aliphatic heterocycles. The van der Waals surface area contributed by atoms with Gasteiger partial charge in [-0.3, -0.25) is 0 Å². The largest absolute Gasteiger partial charge is 0.341 e. The molecule has 0 radical (unpaired) electrons. The molecule has 0 amide bonds. The van der Waals surface area contributed by atoms with Gasteiger partial charge in [-0.1, -0.05) is 62.4 Å². The summed E-state index contributed by atoms with van der Waals surface area (Å²) in [5.74, 6) is 2.09. The van der Waals surface area contributed by atoms with Crippen molar-refractivity contribution in [3.63, 3.8) is 0 Å². The molecule has 176 valence electrons. The van der Waals surface area contributed by atoms with Crippen LogP contribution in [0.15, 0.2) is 60.9 Å². The molecule has 0 aliphatic carbocycles. The minimum Gasteiger partial charge on any atom is -0.341 e. The summed E-state index contributed by atoms with van der Waals surface area (Å²) >= 11 is 0. The summed E-state index contributed by atoms with van der Waals surface area (Å²) in [6.07, 6.45) is 8.62. The second-order valence-electron chi connectivity index (χ2n) is 8.82. The lowest BCUT2D eigenvalue weighted by Gasteiger charge is -2.07. The van der Waals surface area contributed by atoms with E-state index in [-0.39, 0.29) is 0 Å². The van der Waals surface area contributed by atoms with Gasteiger partial charge in [0, 0.05) is 0 Å². The maximum atomic E-state index is 4.59. The maximum absolute atomic E-state index is 4.59. The highest BCUT2D eigenvalue weighted by Gasteiger charge is 2.20. The molecule has 6 nitrogen and oxygen atoms in total. The fourth-order valence-electron chi connectivity index (χ4n) is 4.84. The monoisotopic (exact) mass is 454 g/mol. The Labute approximate surface area is 201 Å². The molecule has 2 atom stereocenters. The van der Waals surface area contributed by atoms with Crippen LogP contribution in [-0.4, -0.2) is 33.0 Å². The third-order valence-electron chi connectivity index (χ3n) is 6.70. The van der Waals surface area contributed by atoms with Gasteiger partial charge in [0.25, 0.3) is 0 Å². The van der Waals surface area contributed by atoms with Crippen LogP contribution in [0.1, 0.15) is 63.3 Å². The number of hydrogen-bond acceptors (Lipinski definition) is 4. The maximum Gasteiger partial charge on any atom is 0.123 e. The lowest BCUT2D eigenvalue weighted by Crippen LogP contribution is -2.14. The van der Waals surface area contributed by atoms with Crippen LogP contribution in [0.4, 0.5) is 0 Å². The number of imidazole rings is 2. The van der Waals surface area contributed by atoms with Gasteiger partial charge in [0.2, 0.25) is 0 Å². The number of benzene rings is 2. The quantitative estimate of drug-likeness (QED) is 0.298. The number of rotatable bonds is 5. The second kappa shape index (κ2) is 10.4. The van der Waals surface area contributed by atoms with Crippen LogP contribution in [-0.2, 0) is 0 Å². The Balaban J connectivity index is 0.00000117. The average molecular weight is 455 g/mol. The number of hydrogen-bond donors (Lipinski definition) is 4.